The summed E-state index contributed by atoms with van der Waals surface area (Å²) in [6.07, 6.45) is 2.02. The highest BCUT2D eigenvalue weighted by Crippen LogP contribution is 2.29. The van der Waals surface area contributed by atoms with E-state index in [0.717, 1.165) is 17.9 Å². The lowest BCUT2D eigenvalue weighted by atomic mass is 9.95. The molecule has 0 radical (unpaired) electrons. The van der Waals surface area contributed by atoms with Gasteiger partial charge in [-0.2, -0.15) is 5.10 Å². The van der Waals surface area contributed by atoms with Gasteiger partial charge in [0, 0.05) is 29.5 Å². The second kappa shape index (κ2) is 4.76. The molecule has 0 fully saturated rings. The summed E-state index contributed by atoms with van der Waals surface area (Å²) in [7, 11) is 1.95. The van der Waals surface area contributed by atoms with Crippen LogP contribution in [0.2, 0.25) is 0 Å². The Kier molecular flexibility index (Phi) is 3.48. The lowest BCUT2D eigenvalue weighted by Gasteiger charge is -2.15. The Bertz CT molecular complexity index is 531. The number of rotatable bonds is 3. The van der Waals surface area contributed by atoms with E-state index in [1.807, 2.05) is 36.2 Å². The van der Waals surface area contributed by atoms with E-state index in [9.17, 15) is 0 Å². The van der Waals surface area contributed by atoms with E-state index in [0.29, 0.717) is 0 Å². The minimum atomic E-state index is 0.243. The number of aromatic nitrogens is 2. The summed E-state index contributed by atoms with van der Waals surface area (Å²) in [6, 6.07) is 4.45. The van der Waals surface area contributed by atoms with Crippen LogP contribution >= 0.6 is 11.3 Å². The Morgan fingerprint density at radius 1 is 1.33 bits per heavy atom. The average Bonchev–Trinajstić information content (AvgIpc) is 2.81. The first-order valence-corrected chi connectivity index (χ1v) is 7.01. The van der Waals surface area contributed by atoms with Crippen LogP contribution in [0.3, 0.4) is 0 Å². The number of anilines is 1. The van der Waals surface area contributed by atoms with Crippen LogP contribution in [0.25, 0.3) is 0 Å². The molecule has 2 aromatic rings. The van der Waals surface area contributed by atoms with Crippen LogP contribution in [0, 0.1) is 6.92 Å². The Hall–Kier alpha value is -1.29. The predicted molar refractivity (Wildman–Crippen MR) is 78.3 cm³/mol. The predicted octanol–water partition coefficient (Wildman–Crippen LogP) is 3.70. The molecule has 1 N–H and O–H groups in total. The summed E-state index contributed by atoms with van der Waals surface area (Å²) < 4.78 is 1.84. The molecule has 3 nitrogen and oxygen atoms in total. The van der Waals surface area contributed by atoms with Crippen LogP contribution < -0.4 is 5.32 Å². The molecule has 0 saturated heterocycles. The number of nitrogens with one attached hydrogen (secondary N) is 1. The van der Waals surface area contributed by atoms with Crippen LogP contribution in [0.4, 0.5) is 5.69 Å². The Morgan fingerprint density at radius 2 is 2.06 bits per heavy atom. The van der Waals surface area contributed by atoms with Crippen molar-refractivity contribution in [1.29, 1.82) is 0 Å². The zero-order valence-electron chi connectivity index (χ0n) is 11.7. The van der Waals surface area contributed by atoms with Crippen LogP contribution in [0.1, 0.15) is 36.2 Å². The molecule has 0 spiro atoms. The normalized spacial score (nSPS) is 11.8. The van der Waals surface area contributed by atoms with Crippen molar-refractivity contribution in [3.05, 3.63) is 33.8 Å². The molecular formula is C14H21N3S. The minimum absolute atomic E-state index is 0.243. The van der Waals surface area contributed by atoms with Crippen molar-refractivity contribution in [2.75, 3.05) is 5.32 Å². The zero-order chi connectivity index (χ0) is 13.3. The highest BCUT2D eigenvalue weighted by molar-refractivity contribution is 7.12. The van der Waals surface area contributed by atoms with Crippen LogP contribution in [0.15, 0.2) is 18.3 Å². The fourth-order valence-corrected chi connectivity index (χ4v) is 2.84. The van der Waals surface area contributed by atoms with E-state index in [2.05, 4.69) is 43.3 Å². The van der Waals surface area contributed by atoms with Gasteiger partial charge < -0.3 is 5.32 Å². The van der Waals surface area contributed by atoms with Crippen molar-refractivity contribution >= 4 is 17.0 Å². The number of aryl methyl sites for hydroxylation is 2. The maximum Gasteiger partial charge on any atom is 0.0825 e. The van der Waals surface area contributed by atoms with Gasteiger partial charge in [0.15, 0.2) is 0 Å². The highest BCUT2D eigenvalue weighted by atomic mass is 32.1. The van der Waals surface area contributed by atoms with Gasteiger partial charge in [-0.05, 0) is 24.5 Å². The molecule has 0 aromatic carbocycles. The number of nitrogens with zero attached hydrogens (tertiary/aromatic N) is 2. The topological polar surface area (TPSA) is 29.9 Å². The Morgan fingerprint density at radius 3 is 2.56 bits per heavy atom. The zero-order valence-corrected chi connectivity index (χ0v) is 12.6. The van der Waals surface area contributed by atoms with Gasteiger partial charge in [-0.3, -0.25) is 4.68 Å². The van der Waals surface area contributed by atoms with E-state index >= 15 is 0 Å². The molecule has 18 heavy (non-hydrogen) atoms. The van der Waals surface area contributed by atoms with Crippen molar-refractivity contribution in [2.45, 2.75) is 39.7 Å². The number of hydrogen-bond donors (Lipinski definition) is 1. The first kappa shape index (κ1) is 13.1. The molecule has 2 rings (SSSR count). The number of hydrogen-bond acceptors (Lipinski definition) is 3. The fourth-order valence-electron chi connectivity index (χ4n) is 1.83. The second-order valence-corrected chi connectivity index (χ2v) is 6.84. The standard InChI is InChI=1S/C14H21N3S/c1-10-12(9-17(5)16-10)15-8-11-6-7-13(18-11)14(2,3)4/h6-7,9,15H,8H2,1-5H3. The second-order valence-electron chi connectivity index (χ2n) is 5.67. The van der Waals surface area contributed by atoms with E-state index in [4.69, 9.17) is 0 Å². The minimum Gasteiger partial charge on any atom is -0.377 e. The quantitative estimate of drug-likeness (QED) is 0.915. The van der Waals surface area contributed by atoms with Gasteiger partial charge in [0.2, 0.25) is 0 Å². The van der Waals surface area contributed by atoms with Gasteiger partial charge in [-0.25, -0.2) is 0 Å². The summed E-state index contributed by atoms with van der Waals surface area (Å²) in [5, 5.41) is 7.77. The van der Waals surface area contributed by atoms with Gasteiger partial charge in [0.1, 0.15) is 0 Å². The Balaban J connectivity index is 2.03. The largest absolute Gasteiger partial charge is 0.377 e. The summed E-state index contributed by atoms with van der Waals surface area (Å²) in [5.74, 6) is 0. The summed E-state index contributed by atoms with van der Waals surface area (Å²) in [6.45, 7) is 9.65. The molecule has 0 aliphatic rings. The summed E-state index contributed by atoms with van der Waals surface area (Å²) in [5.41, 5.74) is 2.40. The monoisotopic (exact) mass is 263 g/mol. The van der Waals surface area contributed by atoms with E-state index in [1.54, 1.807) is 0 Å². The Labute approximate surface area is 113 Å². The lowest BCUT2D eigenvalue weighted by Crippen LogP contribution is -2.07. The molecule has 0 aliphatic carbocycles. The van der Waals surface area contributed by atoms with Crippen molar-refractivity contribution in [2.24, 2.45) is 7.05 Å². The van der Waals surface area contributed by atoms with Crippen molar-refractivity contribution in [3.8, 4) is 0 Å². The maximum atomic E-state index is 4.33. The van der Waals surface area contributed by atoms with Gasteiger partial charge >= 0.3 is 0 Å². The number of thiophene rings is 1. The molecule has 0 amide bonds. The molecular weight excluding hydrogens is 242 g/mol. The van der Waals surface area contributed by atoms with Crippen LogP contribution in [0.5, 0.6) is 0 Å². The first-order valence-electron chi connectivity index (χ1n) is 6.19. The van der Waals surface area contributed by atoms with Crippen molar-refractivity contribution in [3.63, 3.8) is 0 Å². The first-order chi connectivity index (χ1) is 8.36. The van der Waals surface area contributed by atoms with Gasteiger partial charge in [-0.15, -0.1) is 11.3 Å². The van der Waals surface area contributed by atoms with Crippen LogP contribution in [-0.2, 0) is 19.0 Å². The molecule has 0 unspecified atom stereocenters. The third-order valence-electron chi connectivity index (χ3n) is 2.87. The molecule has 2 heterocycles. The van der Waals surface area contributed by atoms with Gasteiger partial charge in [0.25, 0.3) is 0 Å². The van der Waals surface area contributed by atoms with E-state index in [-0.39, 0.29) is 5.41 Å². The smallest absolute Gasteiger partial charge is 0.0825 e. The van der Waals surface area contributed by atoms with E-state index < -0.39 is 0 Å². The van der Waals surface area contributed by atoms with Crippen molar-refractivity contribution < 1.29 is 0 Å². The third kappa shape index (κ3) is 2.93. The van der Waals surface area contributed by atoms with Gasteiger partial charge in [0.05, 0.1) is 11.4 Å². The average molecular weight is 263 g/mol. The SMILES string of the molecule is Cc1nn(C)cc1NCc1ccc(C(C)(C)C)s1. The molecule has 0 bridgehead atoms. The third-order valence-corrected chi connectivity index (χ3v) is 4.38. The molecule has 4 heteroatoms. The molecule has 98 valence electrons. The van der Waals surface area contributed by atoms with Crippen LogP contribution in [-0.4, -0.2) is 9.78 Å². The highest BCUT2D eigenvalue weighted by Gasteiger charge is 2.15. The van der Waals surface area contributed by atoms with Gasteiger partial charge in [-0.1, -0.05) is 20.8 Å². The molecule has 0 saturated carbocycles. The summed E-state index contributed by atoms with van der Waals surface area (Å²) >= 11 is 1.88. The molecule has 0 atom stereocenters. The molecule has 0 aliphatic heterocycles. The van der Waals surface area contributed by atoms with E-state index in [1.165, 1.54) is 9.75 Å². The molecule has 2 aromatic heterocycles. The van der Waals surface area contributed by atoms with Crippen molar-refractivity contribution in [1.82, 2.24) is 9.78 Å². The maximum absolute atomic E-state index is 4.33. The fraction of sp³-hybridized carbons (Fsp3) is 0.500. The lowest BCUT2D eigenvalue weighted by molar-refractivity contribution is 0.604. The summed E-state index contributed by atoms with van der Waals surface area (Å²) in [4.78, 5) is 2.80.